The Morgan fingerprint density at radius 1 is 1.17 bits per heavy atom. The highest BCUT2D eigenvalue weighted by molar-refractivity contribution is 14.0. The fourth-order valence-corrected chi connectivity index (χ4v) is 2.49. The number of amides is 1. The van der Waals surface area contributed by atoms with Crippen LogP contribution in [-0.2, 0) is 11.3 Å². The number of anilines is 1. The van der Waals surface area contributed by atoms with E-state index in [-0.39, 0.29) is 41.8 Å². The Balaban J connectivity index is 0.00000420. The van der Waals surface area contributed by atoms with Crippen molar-refractivity contribution >= 4 is 41.5 Å². The van der Waals surface area contributed by atoms with Crippen molar-refractivity contribution in [3.63, 3.8) is 0 Å². The second-order valence-corrected chi connectivity index (χ2v) is 6.34. The van der Waals surface area contributed by atoms with Crippen LogP contribution in [0.3, 0.4) is 0 Å². The zero-order chi connectivity index (χ0) is 20.4. The van der Waals surface area contributed by atoms with Gasteiger partial charge in [-0.25, -0.2) is 9.38 Å². The van der Waals surface area contributed by atoms with E-state index in [9.17, 15) is 9.18 Å². The van der Waals surface area contributed by atoms with Crippen LogP contribution in [0, 0.1) is 5.82 Å². The van der Waals surface area contributed by atoms with Crippen molar-refractivity contribution in [1.82, 2.24) is 10.6 Å². The van der Waals surface area contributed by atoms with E-state index in [1.807, 2.05) is 38.1 Å². The van der Waals surface area contributed by atoms with Gasteiger partial charge in [0.25, 0.3) is 0 Å². The van der Waals surface area contributed by atoms with Gasteiger partial charge in [0, 0.05) is 19.2 Å². The number of hydrogen-bond acceptors (Lipinski definition) is 3. The van der Waals surface area contributed by atoms with Gasteiger partial charge in [-0.1, -0.05) is 12.1 Å². The van der Waals surface area contributed by atoms with Crippen molar-refractivity contribution in [2.24, 2.45) is 4.99 Å². The van der Waals surface area contributed by atoms with Crippen LogP contribution in [0.1, 0.15) is 26.3 Å². The van der Waals surface area contributed by atoms with Gasteiger partial charge in [0.1, 0.15) is 17.7 Å². The van der Waals surface area contributed by atoms with Crippen LogP contribution in [-0.4, -0.2) is 31.1 Å². The molecule has 1 unspecified atom stereocenters. The van der Waals surface area contributed by atoms with E-state index in [4.69, 9.17) is 4.74 Å². The first kappa shape index (κ1) is 24.7. The summed E-state index contributed by atoms with van der Waals surface area (Å²) in [5.74, 6) is 0.891. The summed E-state index contributed by atoms with van der Waals surface area (Å²) >= 11 is 0. The summed E-state index contributed by atoms with van der Waals surface area (Å²) in [6, 6.07) is 13.5. The van der Waals surface area contributed by atoms with Crippen LogP contribution in [0.25, 0.3) is 0 Å². The molecule has 6 nitrogen and oxygen atoms in total. The number of nitrogens with zero attached hydrogens (tertiary/aromatic N) is 1. The van der Waals surface area contributed by atoms with E-state index in [2.05, 4.69) is 20.9 Å². The third kappa shape index (κ3) is 9.60. The Labute approximate surface area is 188 Å². The molecule has 2 rings (SSSR count). The van der Waals surface area contributed by atoms with Crippen molar-refractivity contribution in [1.29, 1.82) is 0 Å². The average molecular weight is 514 g/mol. The van der Waals surface area contributed by atoms with Crippen LogP contribution in [0.5, 0.6) is 5.75 Å². The van der Waals surface area contributed by atoms with Crippen LogP contribution < -0.4 is 20.7 Å². The Bertz CT molecular complexity index is 800. The third-order valence-electron chi connectivity index (χ3n) is 3.72. The van der Waals surface area contributed by atoms with Crippen molar-refractivity contribution in [2.75, 3.05) is 18.4 Å². The third-order valence-corrected chi connectivity index (χ3v) is 3.72. The van der Waals surface area contributed by atoms with Gasteiger partial charge >= 0.3 is 0 Å². The summed E-state index contributed by atoms with van der Waals surface area (Å²) < 4.78 is 18.7. The minimum absolute atomic E-state index is 0. The fourth-order valence-electron chi connectivity index (χ4n) is 2.49. The molecule has 0 saturated carbocycles. The van der Waals surface area contributed by atoms with Gasteiger partial charge in [-0.3, -0.25) is 4.79 Å². The van der Waals surface area contributed by atoms with Crippen molar-refractivity contribution in [3.8, 4) is 5.75 Å². The monoisotopic (exact) mass is 514 g/mol. The molecule has 29 heavy (non-hydrogen) atoms. The Morgan fingerprint density at radius 2 is 1.90 bits per heavy atom. The number of rotatable bonds is 8. The smallest absolute Gasteiger partial charge is 0.221 e. The highest BCUT2D eigenvalue weighted by Gasteiger charge is 2.06. The molecule has 1 atom stereocenters. The number of guanidine groups is 1. The van der Waals surface area contributed by atoms with E-state index in [1.54, 1.807) is 12.1 Å². The number of halogens is 2. The molecule has 0 spiro atoms. The van der Waals surface area contributed by atoms with Crippen molar-refractivity contribution < 1.29 is 13.9 Å². The highest BCUT2D eigenvalue weighted by Crippen LogP contribution is 2.13. The maximum atomic E-state index is 13.0. The van der Waals surface area contributed by atoms with Gasteiger partial charge in [0.05, 0.1) is 13.1 Å². The first-order chi connectivity index (χ1) is 13.5. The number of carbonyl (C=O) groups is 1. The molecule has 0 heterocycles. The van der Waals surface area contributed by atoms with Gasteiger partial charge in [0.15, 0.2) is 5.96 Å². The molecule has 0 aliphatic heterocycles. The first-order valence-corrected chi connectivity index (χ1v) is 9.27. The maximum Gasteiger partial charge on any atom is 0.221 e. The molecule has 3 N–H and O–H groups in total. The summed E-state index contributed by atoms with van der Waals surface area (Å²) in [6.07, 6.45) is -0.127. The van der Waals surface area contributed by atoms with E-state index in [0.717, 1.165) is 17.8 Å². The second kappa shape index (κ2) is 13.0. The second-order valence-electron chi connectivity index (χ2n) is 6.34. The lowest BCUT2D eigenvalue weighted by Crippen LogP contribution is -2.41. The highest BCUT2D eigenvalue weighted by atomic mass is 127. The summed E-state index contributed by atoms with van der Waals surface area (Å²) in [4.78, 5) is 15.8. The number of ether oxygens (including phenoxy) is 1. The SMILES string of the molecule is CCNC(=NCc1cccc(NC(C)=O)c1)NCC(C)Oc1ccc(F)cc1.I. The van der Waals surface area contributed by atoms with Crippen molar-refractivity contribution in [3.05, 3.63) is 59.9 Å². The van der Waals surface area contributed by atoms with E-state index < -0.39 is 0 Å². The largest absolute Gasteiger partial charge is 0.489 e. The van der Waals surface area contributed by atoms with Gasteiger partial charge in [-0.05, 0) is 55.8 Å². The van der Waals surface area contributed by atoms with Crippen LogP contribution >= 0.6 is 24.0 Å². The molecular formula is C21H28FIN4O2. The average Bonchev–Trinajstić information content (AvgIpc) is 2.65. The quantitative estimate of drug-likeness (QED) is 0.284. The summed E-state index contributed by atoms with van der Waals surface area (Å²) in [7, 11) is 0. The zero-order valence-electron chi connectivity index (χ0n) is 16.9. The van der Waals surface area contributed by atoms with Gasteiger partial charge < -0.3 is 20.7 Å². The predicted octanol–water partition coefficient (Wildman–Crippen LogP) is 3.92. The lowest BCUT2D eigenvalue weighted by molar-refractivity contribution is -0.114. The first-order valence-electron chi connectivity index (χ1n) is 9.27. The Morgan fingerprint density at radius 3 is 2.55 bits per heavy atom. The molecule has 0 bridgehead atoms. The minimum Gasteiger partial charge on any atom is -0.489 e. The number of aliphatic imine (C=N–C) groups is 1. The number of nitrogens with one attached hydrogen (secondary N) is 3. The molecule has 1 amide bonds. The molecule has 158 valence electrons. The number of hydrogen-bond donors (Lipinski definition) is 3. The van der Waals surface area contributed by atoms with Crippen LogP contribution in [0.4, 0.5) is 10.1 Å². The van der Waals surface area contributed by atoms with E-state index in [0.29, 0.717) is 24.8 Å². The molecule has 2 aromatic carbocycles. The summed E-state index contributed by atoms with van der Waals surface area (Å²) in [6.45, 7) is 7.13. The lowest BCUT2D eigenvalue weighted by atomic mass is 10.2. The number of benzene rings is 2. The molecule has 0 aliphatic rings. The number of carbonyl (C=O) groups excluding carboxylic acids is 1. The molecule has 0 aromatic heterocycles. The molecular weight excluding hydrogens is 486 g/mol. The molecule has 0 radical (unpaired) electrons. The maximum absolute atomic E-state index is 13.0. The normalized spacial score (nSPS) is 11.8. The van der Waals surface area contributed by atoms with E-state index in [1.165, 1.54) is 19.1 Å². The standard InChI is InChI=1S/C21H27FN4O2.HI/c1-4-23-21(24-13-15(2)28-20-10-8-18(22)9-11-20)25-14-17-6-5-7-19(12-17)26-16(3)27;/h5-12,15H,4,13-14H2,1-3H3,(H,26,27)(H2,23,24,25);1H. The molecule has 2 aromatic rings. The molecule has 0 aliphatic carbocycles. The Kier molecular flexibility index (Phi) is 11.0. The summed E-state index contributed by atoms with van der Waals surface area (Å²) in [5, 5.41) is 9.20. The van der Waals surface area contributed by atoms with Crippen molar-refractivity contribution in [2.45, 2.75) is 33.4 Å². The van der Waals surface area contributed by atoms with Gasteiger partial charge in [-0.15, -0.1) is 24.0 Å². The summed E-state index contributed by atoms with van der Waals surface area (Å²) in [5.41, 5.74) is 1.73. The molecule has 0 saturated heterocycles. The van der Waals surface area contributed by atoms with Crippen LogP contribution in [0.15, 0.2) is 53.5 Å². The lowest BCUT2D eigenvalue weighted by Gasteiger charge is -2.17. The Hall–Kier alpha value is -2.36. The minimum atomic E-state index is -0.290. The van der Waals surface area contributed by atoms with E-state index >= 15 is 0 Å². The molecule has 0 fully saturated rings. The topological polar surface area (TPSA) is 74.8 Å². The van der Waals surface area contributed by atoms with Crippen LogP contribution in [0.2, 0.25) is 0 Å². The van der Waals surface area contributed by atoms with Gasteiger partial charge in [0.2, 0.25) is 5.91 Å². The zero-order valence-corrected chi connectivity index (χ0v) is 19.2. The predicted molar refractivity (Wildman–Crippen MR) is 125 cm³/mol. The fraction of sp³-hybridized carbons (Fsp3) is 0.333. The molecule has 8 heteroatoms. The van der Waals surface area contributed by atoms with Gasteiger partial charge in [-0.2, -0.15) is 0 Å².